The predicted molar refractivity (Wildman–Crippen MR) is 72.1 cm³/mol. The van der Waals surface area contributed by atoms with Crippen LogP contribution in [0.5, 0.6) is 5.75 Å². The molecule has 0 N–H and O–H groups in total. The number of esters is 1. The Kier molecular flexibility index (Phi) is 5.85. The highest BCUT2D eigenvalue weighted by atomic mass is 79.9. The minimum atomic E-state index is -0.361. The van der Waals surface area contributed by atoms with Crippen LogP contribution in [0.25, 0.3) is 0 Å². The van der Waals surface area contributed by atoms with Crippen LogP contribution < -0.4 is 4.74 Å². The third-order valence-corrected chi connectivity index (χ3v) is 3.06. The second kappa shape index (κ2) is 6.91. The Morgan fingerprint density at radius 3 is 2.71 bits per heavy atom. The maximum atomic E-state index is 11.5. The number of hydrogen-bond donors (Lipinski definition) is 0. The number of carbonyl (C=O) groups is 2. The van der Waals surface area contributed by atoms with Gasteiger partial charge in [-0.15, -0.1) is 0 Å². The molecule has 5 heteroatoms. The first kappa shape index (κ1) is 14.4. The molecule has 0 heterocycles. The van der Waals surface area contributed by atoms with Gasteiger partial charge in [0.25, 0.3) is 0 Å². The van der Waals surface area contributed by atoms with E-state index >= 15 is 0 Å². The van der Waals surface area contributed by atoms with E-state index in [0.29, 0.717) is 35.6 Å². The van der Waals surface area contributed by atoms with Gasteiger partial charge < -0.3 is 4.74 Å². The monoisotopic (exact) mass is 361 g/mol. The fraction of sp³-hybridized carbons (Fsp3) is 0.250. The zero-order valence-electron chi connectivity index (χ0n) is 9.04. The summed E-state index contributed by atoms with van der Waals surface area (Å²) < 4.78 is 6.47. The highest BCUT2D eigenvalue weighted by Gasteiger charge is 2.13. The molecular weight excluding hydrogens is 352 g/mol. The quantitative estimate of drug-likeness (QED) is 0.452. The van der Waals surface area contributed by atoms with E-state index in [1.54, 1.807) is 12.1 Å². The molecule has 1 aromatic rings. The van der Waals surface area contributed by atoms with Gasteiger partial charge in [-0.2, -0.15) is 0 Å². The van der Waals surface area contributed by atoms with Gasteiger partial charge in [-0.1, -0.05) is 29.3 Å². The normalized spacial score (nSPS) is 10.1. The minimum absolute atomic E-state index is 0.261. The summed E-state index contributed by atoms with van der Waals surface area (Å²) in [5.41, 5.74) is 0.328. The van der Waals surface area contributed by atoms with Crippen LogP contribution in [-0.4, -0.2) is 12.3 Å². The van der Waals surface area contributed by atoms with Crippen molar-refractivity contribution in [1.29, 1.82) is 0 Å². The molecular formula is C12H11Br2O3. The molecule has 0 atom stereocenters. The zero-order valence-corrected chi connectivity index (χ0v) is 12.2. The van der Waals surface area contributed by atoms with Crippen LogP contribution in [0.2, 0.25) is 0 Å². The number of aldehydes is 1. The molecule has 0 aliphatic rings. The Hall–Kier alpha value is -0.680. The number of rotatable bonds is 5. The van der Waals surface area contributed by atoms with Crippen LogP contribution in [0.4, 0.5) is 0 Å². The zero-order chi connectivity index (χ0) is 12.8. The smallest absolute Gasteiger partial charge is 0.311 e. The molecule has 0 bridgehead atoms. The second-order valence-electron chi connectivity index (χ2n) is 3.35. The number of carbonyl (C=O) groups excluding carboxylic acids is 2. The summed E-state index contributed by atoms with van der Waals surface area (Å²) >= 11 is 6.52. The third-order valence-electron chi connectivity index (χ3n) is 2.01. The maximum absolute atomic E-state index is 11.5. The van der Waals surface area contributed by atoms with E-state index in [-0.39, 0.29) is 11.7 Å². The number of benzene rings is 1. The standard InChI is InChI=1S/C12H11Br2O3/c1-2-3-4-11(16)17-12-8(7-15)5-9(13)6-10(12)14/h5-7H,1-4H2. The van der Waals surface area contributed by atoms with Crippen molar-refractivity contribution in [2.45, 2.75) is 19.3 Å². The lowest BCUT2D eigenvalue weighted by molar-refractivity contribution is -0.134. The highest BCUT2D eigenvalue weighted by Crippen LogP contribution is 2.32. The average molecular weight is 363 g/mol. The summed E-state index contributed by atoms with van der Waals surface area (Å²) in [5, 5.41) is 0. The summed E-state index contributed by atoms with van der Waals surface area (Å²) in [6, 6.07) is 3.32. The van der Waals surface area contributed by atoms with Crippen molar-refractivity contribution < 1.29 is 14.3 Å². The molecule has 0 spiro atoms. The number of ether oxygens (including phenoxy) is 1. The highest BCUT2D eigenvalue weighted by molar-refractivity contribution is 9.11. The van der Waals surface area contributed by atoms with Crippen molar-refractivity contribution >= 4 is 44.1 Å². The van der Waals surface area contributed by atoms with Crippen molar-refractivity contribution in [2.75, 3.05) is 0 Å². The lowest BCUT2D eigenvalue weighted by Crippen LogP contribution is -2.09. The predicted octanol–water partition coefficient (Wildman–Crippen LogP) is 3.93. The van der Waals surface area contributed by atoms with E-state index in [1.807, 2.05) is 0 Å². The molecule has 0 amide bonds. The molecule has 0 saturated heterocycles. The number of unbranched alkanes of at least 4 members (excludes halogenated alkanes) is 1. The summed E-state index contributed by atoms with van der Waals surface area (Å²) in [6.45, 7) is 3.65. The van der Waals surface area contributed by atoms with E-state index < -0.39 is 0 Å². The Balaban J connectivity index is 2.89. The molecule has 0 unspecified atom stereocenters. The molecule has 0 aromatic heterocycles. The fourth-order valence-corrected chi connectivity index (χ4v) is 2.55. The van der Waals surface area contributed by atoms with Crippen LogP contribution in [0, 0.1) is 6.92 Å². The Morgan fingerprint density at radius 1 is 1.41 bits per heavy atom. The van der Waals surface area contributed by atoms with Gasteiger partial charge in [0.15, 0.2) is 12.0 Å². The first-order chi connectivity index (χ1) is 8.08. The average Bonchev–Trinajstić information content (AvgIpc) is 2.29. The van der Waals surface area contributed by atoms with Crippen molar-refractivity contribution in [3.8, 4) is 5.75 Å². The van der Waals surface area contributed by atoms with Crippen molar-refractivity contribution in [3.63, 3.8) is 0 Å². The van der Waals surface area contributed by atoms with Gasteiger partial charge >= 0.3 is 5.97 Å². The largest absolute Gasteiger partial charge is 0.425 e. The van der Waals surface area contributed by atoms with Crippen LogP contribution in [0.3, 0.4) is 0 Å². The number of halogens is 2. The van der Waals surface area contributed by atoms with E-state index in [0.717, 1.165) is 4.47 Å². The van der Waals surface area contributed by atoms with Crippen LogP contribution in [0.1, 0.15) is 29.6 Å². The minimum Gasteiger partial charge on any atom is -0.425 e. The lowest BCUT2D eigenvalue weighted by atomic mass is 10.2. The lowest BCUT2D eigenvalue weighted by Gasteiger charge is -2.09. The molecule has 0 saturated carbocycles. The number of hydrogen-bond acceptors (Lipinski definition) is 3. The van der Waals surface area contributed by atoms with Crippen molar-refractivity contribution in [2.24, 2.45) is 0 Å². The van der Waals surface area contributed by atoms with Gasteiger partial charge in [-0.3, -0.25) is 9.59 Å². The first-order valence-corrected chi connectivity index (χ1v) is 6.61. The molecule has 0 aliphatic carbocycles. The molecule has 91 valence electrons. The van der Waals surface area contributed by atoms with E-state index in [2.05, 4.69) is 38.8 Å². The van der Waals surface area contributed by atoms with Gasteiger partial charge in [0.05, 0.1) is 10.0 Å². The van der Waals surface area contributed by atoms with Crippen LogP contribution in [-0.2, 0) is 4.79 Å². The Labute approximate surface area is 117 Å². The molecule has 0 aliphatic heterocycles. The first-order valence-electron chi connectivity index (χ1n) is 5.02. The van der Waals surface area contributed by atoms with Gasteiger partial charge in [0.2, 0.25) is 0 Å². The fourth-order valence-electron chi connectivity index (χ4n) is 1.21. The van der Waals surface area contributed by atoms with E-state index in [4.69, 9.17) is 4.74 Å². The second-order valence-corrected chi connectivity index (χ2v) is 5.13. The van der Waals surface area contributed by atoms with Gasteiger partial charge in [-0.05, 0) is 34.5 Å². The van der Waals surface area contributed by atoms with Crippen LogP contribution in [0.15, 0.2) is 21.1 Å². The molecule has 3 nitrogen and oxygen atoms in total. The van der Waals surface area contributed by atoms with Gasteiger partial charge in [0.1, 0.15) is 0 Å². The Bertz CT molecular complexity index is 430. The van der Waals surface area contributed by atoms with Gasteiger partial charge in [-0.25, -0.2) is 0 Å². The third kappa shape index (κ3) is 4.24. The van der Waals surface area contributed by atoms with E-state index in [1.165, 1.54) is 0 Å². The van der Waals surface area contributed by atoms with Crippen molar-refractivity contribution in [3.05, 3.63) is 33.6 Å². The molecule has 0 fully saturated rings. The van der Waals surface area contributed by atoms with Gasteiger partial charge in [0, 0.05) is 10.9 Å². The maximum Gasteiger partial charge on any atom is 0.311 e. The SMILES string of the molecule is [CH2]CCCC(=O)Oc1c(Br)cc(Br)cc1C=O. The summed E-state index contributed by atoms with van der Waals surface area (Å²) in [5.74, 6) is -0.1000. The van der Waals surface area contributed by atoms with E-state index in [9.17, 15) is 9.59 Å². The summed E-state index contributed by atoms with van der Waals surface area (Å²) in [6.07, 6.45) is 2.30. The summed E-state index contributed by atoms with van der Waals surface area (Å²) in [4.78, 5) is 22.4. The molecule has 17 heavy (non-hydrogen) atoms. The summed E-state index contributed by atoms with van der Waals surface area (Å²) in [7, 11) is 0. The van der Waals surface area contributed by atoms with Crippen LogP contribution >= 0.6 is 31.9 Å². The Morgan fingerprint density at radius 2 is 2.12 bits per heavy atom. The molecule has 1 radical (unpaired) electrons. The topological polar surface area (TPSA) is 43.4 Å². The molecule has 1 rings (SSSR count). The molecule has 1 aromatic carbocycles. The van der Waals surface area contributed by atoms with Crippen molar-refractivity contribution in [1.82, 2.24) is 0 Å².